The van der Waals surface area contributed by atoms with Gasteiger partial charge in [-0.2, -0.15) is 10.4 Å². The van der Waals surface area contributed by atoms with Crippen molar-refractivity contribution in [3.63, 3.8) is 0 Å². The number of halogens is 2. The van der Waals surface area contributed by atoms with E-state index in [2.05, 4.69) is 43.1 Å². The van der Waals surface area contributed by atoms with Gasteiger partial charge in [0.25, 0.3) is 0 Å². The van der Waals surface area contributed by atoms with E-state index in [0.717, 1.165) is 43.1 Å². The summed E-state index contributed by atoms with van der Waals surface area (Å²) in [6.45, 7) is 4.13. The number of hydrogen-bond acceptors (Lipinski definition) is 6. The Balaban J connectivity index is 1.31. The van der Waals surface area contributed by atoms with Crippen LogP contribution in [0.2, 0.25) is 5.15 Å². The van der Waals surface area contributed by atoms with Gasteiger partial charge in [-0.15, -0.1) is 0 Å². The highest BCUT2D eigenvalue weighted by molar-refractivity contribution is 6.29. The summed E-state index contributed by atoms with van der Waals surface area (Å²) < 4.78 is 15.0. The smallest absolute Gasteiger partial charge is 0.148 e. The van der Waals surface area contributed by atoms with Crippen LogP contribution >= 0.6 is 11.6 Å². The fraction of sp³-hybridized carbons (Fsp3) is 0.217. The zero-order valence-corrected chi connectivity index (χ0v) is 17.9. The molecule has 0 atom stereocenters. The Kier molecular flexibility index (Phi) is 5.43. The maximum atomic E-state index is 13.4. The summed E-state index contributed by atoms with van der Waals surface area (Å²) in [5.41, 5.74) is 4.46. The molecule has 160 valence electrons. The van der Waals surface area contributed by atoms with E-state index >= 15 is 0 Å². The van der Waals surface area contributed by atoms with Gasteiger partial charge in [-0.25, -0.2) is 13.9 Å². The minimum Gasteiger partial charge on any atom is -0.369 e. The first-order chi connectivity index (χ1) is 15.6. The van der Waals surface area contributed by atoms with E-state index in [4.69, 9.17) is 11.6 Å². The molecule has 1 aliphatic rings. The number of aromatic nitrogens is 4. The minimum atomic E-state index is -0.252. The standard InChI is InChI=1S/C23H19ClFN7/c24-21-15-32-23(17(12-26)13-28-32)22(29-21)16-1-3-20(4-2-16)31-9-7-30(8-10-31)14-19-11-18(25)5-6-27-19/h1-6,11,13,15H,7-10,14H2. The molecule has 0 unspecified atom stereocenters. The van der Waals surface area contributed by atoms with Crippen molar-refractivity contribution in [1.29, 1.82) is 5.26 Å². The highest BCUT2D eigenvalue weighted by atomic mass is 35.5. The second-order valence-electron chi connectivity index (χ2n) is 7.65. The highest BCUT2D eigenvalue weighted by Crippen LogP contribution is 2.29. The fourth-order valence-corrected chi connectivity index (χ4v) is 4.20. The van der Waals surface area contributed by atoms with Crippen LogP contribution in [0.5, 0.6) is 0 Å². The van der Waals surface area contributed by atoms with Crippen molar-refractivity contribution in [3.05, 3.63) is 77.2 Å². The Hall–Kier alpha value is -3.54. The van der Waals surface area contributed by atoms with Crippen molar-refractivity contribution in [3.8, 4) is 17.3 Å². The normalized spacial score (nSPS) is 14.6. The molecule has 4 aromatic rings. The molecule has 1 aliphatic heterocycles. The van der Waals surface area contributed by atoms with Crippen LogP contribution in [-0.4, -0.2) is 50.7 Å². The average molecular weight is 448 g/mol. The fourth-order valence-electron chi connectivity index (χ4n) is 4.03. The molecule has 0 radical (unpaired) electrons. The van der Waals surface area contributed by atoms with Crippen molar-refractivity contribution < 1.29 is 4.39 Å². The van der Waals surface area contributed by atoms with Crippen LogP contribution in [0, 0.1) is 17.1 Å². The maximum absolute atomic E-state index is 13.4. The van der Waals surface area contributed by atoms with Crippen LogP contribution in [0.15, 0.2) is 55.0 Å². The lowest BCUT2D eigenvalue weighted by atomic mass is 10.1. The lowest BCUT2D eigenvalue weighted by Crippen LogP contribution is -2.46. The third kappa shape index (κ3) is 4.00. The minimum absolute atomic E-state index is 0.252. The van der Waals surface area contributed by atoms with Gasteiger partial charge in [-0.1, -0.05) is 23.7 Å². The van der Waals surface area contributed by atoms with E-state index in [1.165, 1.54) is 24.5 Å². The van der Waals surface area contributed by atoms with Crippen molar-refractivity contribution in [1.82, 2.24) is 24.5 Å². The summed E-state index contributed by atoms with van der Waals surface area (Å²) in [7, 11) is 0. The molecule has 0 N–H and O–H groups in total. The van der Waals surface area contributed by atoms with Crippen LogP contribution in [0.1, 0.15) is 11.3 Å². The Labute approximate surface area is 189 Å². The monoisotopic (exact) mass is 447 g/mol. The van der Waals surface area contributed by atoms with Gasteiger partial charge in [0, 0.05) is 50.2 Å². The number of piperazine rings is 1. The molecule has 5 rings (SSSR count). The summed E-state index contributed by atoms with van der Waals surface area (Å²) in [5, 5.41) is 13.9. The van der Waals surface area contributed by atoms with Gasteiger partial charge in [0.05, 0.1) is 23.8 Å². The topological polar surface area (TPSA) is 73.4 Å². The molecule has 0 amide bonds. The van der Waals surface area contributed by atoms with Gasteiger partial charge >= 0.3 is 0 Å². The molecule has 9 heteroatoms. The highest BCUT2D eigenvalue weighted by Gasteiger charge is 2.19. The molecule has 1 saturated heterocycles. The molecular formula is C23H19ClFN7. The van der Waals surface area contributed by atoms with Gasteiger partial charge < -0.3 is 4.90 Å². The van der Waals surface area contributed by atoms with Crippen molar-refractivity contribution in [2.24, 2.45) is 0 Å². The van der Waals surface area contributed by atoms with E-state index in [-0.39, 0.29) is 5.82 Å². The summed E-state index contributed by atoms with van der Waals surface area (Å²) in [4.78, 5) is 13.3. The van der Waals surface area contributed by atoms with Crippen LogP contribution in [0.25, 0.3) is 16.8 Å². The predicted octanol–water partition coefficient (Wildman–Crippen LogP) is 3.78. The summed E-state index contributed by atoms with van der Waals surface area (Å²) in [6, 6.07) is 13.1. The van der Waals surface area contributed by atoms with Crippen LogP contribution in [0.3, 0.4) is 0 Å². The van der Waals surface area contributed by atoms with Crippen molar-refractivity contribution >= 4 is 22.8 Å². The average Bonchev–Trinajstić information content (AvgIpc) is 3.22. The third-order valence-electron chi connectivity index (χ3n) is 5.63. The molecular weight excluding hydrogens is 429 g/mol. The second-order valence-corrected chi connectivity index (χ2v) is 8.04. The van der Waals surface area contributed by atoms with Crippen LogP contribution in [-0.2, 0) is 6.54 Å². The Morgan fingerprint density at radius 3 is 2.59 bits per heavy atom. The number of hydrogen-bond donors (Lipinski definition) is 0. The lowest BCUT2D eigenvalue weighted by Gasteiger charge is -2.36. The van der Waals surface area contributed by atoms with Gasteiger partial charge in [0.1, 0.15) is 28.1 Å². The zero-order valence-electron chi connectivity index (χ0n) is 17.1. The maximum Gasteiger partial charge on any atom is 0.148 e. The molecule has 0 saturated carbocycles. The molecule has 0 aliphatic carbocycles. The van der Waals surface area contributed by atoms with E-state index < -0.39 is 0 Å². The molecule has 3 aromatic heterocycles. The molecule has 0 spiro atoms. The first-order valence-corrected chi connectivity index (χ1v) is 10.6. The van der Waals surface area contributed by atoms with Gasteiger partial charge in [-0.3, -0.25) is 9.88 Å². The second kappa shape index (κ2) is 8.54. The first-order valence-electron chi connectivity index (χ1n) is 10.2. The molecule has 0 bridgehead atoms. The van der Waals surface area contributed by atoms with Gasteiger partial charge in [0.2, 0.25) is 0 Å². The number of benzene rings is 1. The number of nitrogens with zero attached hydrogens (tertiary/aromatic N) is 7. The largest absolute Gasteiger partial charge is 0.369 e. The SMILES string of the molecule is N#Cc1cnn2cc(Cl)nc(-c3ccc(N4CCN(Cc5cc(F)ccn5)CC4)cc3)c12. The molecule has 1 fully saturated rings. The van der Waals surface area contributed by atoms with Crippen LogP contribution in [0.4, 0.5) is 10.1 Å². The Morgan fingerprint density at radius 2 is 1.88 bits per heavy atom. The molecule has 1 aromatic carbocycles. The Bertz CT molecular complexity index is 1300. The first kappa shape index (κ1) is 20.4. The predicted molar refractivity (Wildman–Crippen MR) is 120 cm³/mol. The third-order valence-corrected chi connectivity index (χ3v) is 5.81. The zero-order chi connectivity index (χ0) is 22.1. The quantitative estimate of drug-likeness (QED) is 0.474. The van der Waals surface area contributed by atoms with Crippen molar-refractivity contribution in [2.45, 2.75) is 6.54 Å². The number of anilines is 1. The number of nitriles is 1. The van der Waals surface area contributed by atoms with Crippen molar-refractivity contribution in [2.75, 3.05) is 31.1 Å². The summed E-state index contributed by atoms with van der Waals surface area (Å²) in [5.74, 6) is -0.252. The van der Waals surface area contributed by atoms with Gasteiger partial charge in [-0.05, 0) is 24.3 Å². The lowest BCUT2D eigenvalue weighted by molar-refractivity contribution is 0.247. The number of fused-ring (bicyclic) bond motifs is 1. The molecule has 7 nitrogen and oxygen atoms in total. The van der Waals surface area contributed by atoms with E-state index in [9.17, 15) is 9.65 Å². The molecule has 32 heavy (non-hydrogen) atoms. The number of pyridine rings is 1. The van der Waals surface area contributed by atoms with Crippen LogP contribution < -0.4 is 4.90 Å². The van der Waals surface area contributed by atoms with Gasteiger partial charge in [0.15, 0.2) is 0 Å². The van der Waals surface area contributed by atoms with E-state index in [1.807, 2.05) is 12.1 Å². The summed E-state index contributed by atoms with van der Waals surface area (Å²) >= 11 is 6.17. The van der Waals surface area contributed by atoms with E-state index in [0.29, 0.717) is 28.5 Å². The molecule has 4 heterocycles. The van der Waals surface area contributed by atoms with E-state index in [1.54, 1.807) is 10.7 Å². The Morgan fingerprint density at radius 1 is 1.09 bits per heavy atom. The summed E-state index contributed by atoms with van der Waals surface area (Å²) in [6.07, 6.45) is 4.62. The number of rotatable bonds is 4.